The topological polar surface area (TPSA) is 86.2 Å². The van der Waals surface area contributed by atoms with Gasteiger partial charge >= 0.3 is 17.1 Å². The molecule has 3 heterocycles. The number of halogens is 1. The van der Waals surface area contributed by atoms with Gasteiger partial charge in [0.1, 0.15) is 0 Å². The molecule has 0 saturated heterocycles. The summed E-state index contributed by atoms with van der Waals surface area (Å²) >= 11 is 6.02. The van der Waals surface area contributed by atoms with E-state index in [0.29, 0.717) is 0 Å². The number of aromatic nitrogens is 3. The van der Waals surface area contributed by atoms with Gasteiger partial charge in [-0.15, -0.1) is 0 Å². The van der Waals surface area contributed by atoms with Crippen molar-refractivity contribution in [2.75, 3.05) is 0 Å². The average molecular weight is 478 g/mol. The molecular formula is C19H18ClCuN5PS. The average Bonchev–Trinajstić information content (AvgIpc) is 2.71. The molecule has 3 aromatic heterocycles. The predicted octanol–water partition coefficient (Wildman–Crippen LogP) is -0.311. The van der Waals surface area contributed by atoms with E-state index >= 15 is 0 Å². The molecule has 0 amide bonds. The number of hydrogen-bond acceptors (Lipinski definition) is 6. The molecule has 0 aliphatic rings. The summed E-state index contributed by atoms with van der Waals surface area (Å²) in [6, 6.07) is 18.6. The molecule has 28 heavy (non-hydrogen) atoms. The van der Waals surface area contributed by atoms with Crippen LogP contribution in [0.5, 0.6) is 0 Å². The maximum absolute atomic E-state index is 7.32. The minimum absolute atomic E-state index is 0. The first kappa shape index (κ1) is 28.1. The van der Waals surface area contributed by atoms with Gasteiger partial charge in [0.15, 0.2) is 0 Å². The Labute approximate surface area is 187 Å². The first-order valence-corrected chi connectivity index (χ1v) is 10.4. The predicted molar refractivity (Wildman–Crippen MR) is 108 cm³/mol. The van der Waals surface area contributed by atoms with Gasteiger partial charge in [-0.05, 0) is 36.4 Å². The minimum atomic E-state index is -2.28. The fourth-order valence-corrected chi connectivity index (χ4v) is 5.22. The Balaban J connectivity index is 0. The summed E-state index contributed by atoms with van der Waals surface area (Å²) in [4.78, 5) is 13.4. The molecule has 0 aliphatic carbocycles. The fourth-order valence-electron chi connectivity index (χ4n) is 1.97. The van der Waals surface area contributed by atoms with Crippen LogP contribution < -0.4 is 28.7 Å². The summed E-state index contributed by atoms with van der Waals surface area (Å²) in [5.74, 6) is 0. The van der Waals surface area contributed by atoms with Crippen LogP contribution in [0.1, 0.15) is 13.8 Å². The largest absolute Gasteiger partial charge is 1.00 e. The molecule has 0 saturated carbocycles. The van der Waals surface area contributed by atoms with Crippen LogP contribution in [0.2, 0.25) is 0 Å². The molecule has 0 fully saturated rings. The molecular weight excluding hydrogens is 460 g/mol. The molecule has 0 aliphatic heterocycles. The maximum Gasteiger partial charge on any atom is 1.00 e. The van der Waals surface area contributed by atoms with Crippen molar-refractivity contribution in [3.63, 3.8) is 0 Å². The van der Waals surface area contributed by atoms with E-state index in [9.17, 15) is 0 Å². The van der Waals surface area contributed by atoms with E-state index in [2.05, 4.69) is 15.0 Å². The Bertz CT molecular complexity index is 800. The Morgan fingerprint density at radius 1 is 0.714 bits per heavy atom. The Morgan fingerprint density at radius 2 is 0.964 bits per heavy atom. The Hall–Kier alpha value is -2.11. The summed E-state index contributed by atoms with van der Waals surface area (Å²) < 4.78 is 0. The molecule has 0 atom stereocenters. The second-order valence-corrected chi connectivity index (χ2v) is 8.86. The normalized spacial score (nSPS) is 8.57. The number of pyridine rings is 3. The first-order chi connectivity index (χ1) is 12.6. The molecule has 5 nitrogen and oxygen atoms in total. The zero-order valence-corrected chi connectivity index (χ0v) is 18.6. The molecule has 0 aromatic carbocycles. The van der Waals surface area contributed by atoms with Crippen LogP contribution in [0.25, 0.3) is 0 Å². The molecule has 3 aromatic rings. The molecule has 3 rings (SSSR count). The van der Waals surface area contributed by atoms with Crippen molar-refractivity contribution in [3.8, 4) is 12.1 Å². The van der Waals surface area contributed by atoms with Crippen LogP contribution in [0, 0.1) is 22.7 Å². The van der Waals surface area contributed by atoms with Crippen molar-refractivity contribution in [1.82, 2.24) is 15.0 Å². The first-order valence-electron chi connectivity index (χ1n) is 7.61. The second kappa shape index (κ2) is 15.9. The van der Waals surface area contributed by atoms with Crippen LogP contribution in [0.4, 0.5) is 0 Å². The van der Waals surface area contributed by atoms with E-state index in [4.69, 9.17) is 22.3 Å². The standard InChI is InChI=1S/C15H12N3PS.2C2H3N.ClH.Cu/c20-19(13-7-1-4-10-16-13,14-8-2-5-11-17-14)15-9-3-6-12-18-15;2*1-2-3;;/h1-12H;2*1H3;1H;/q;;;;+1/p-1. The van der Waals surface area contributed by atoms with Gasteiger partial charge in [0.05, 0.1) is 34.5 Å². The van der Waals surface area contributed by atoms with E-state index in [1.165, 1.54) is 13.8 Å². The van der Waals surface area contributed by atoms with E-state index in [1.807, 2.05) is 54.6 Å². The molecule has 0 spiro atoms. The number of nitrogens with zero attached hydrogens (tertiary/aromatic N) is 5. The molecule has 148 valence electrons. The van der Waals surface area contributed by atoms with Crippen molar-refractivity contribution in [2.45, 2.75) is 13.8 Å². The SMILES string of the molecule is CC#N.CC#N.S=P(c1ccccn1)(c1ccccn1)c1ccccn1.[Cl-].[Cu+]. The van der Waals surface area contributed by atoms with Gasteiger partial charge in [0.25, 0.3) is 0 Å². The zero-order chi connectivity index (χ0) is 19.3. The van der Waals surface area contributed by atoms with Gasteiger partial charge in [0.2, 0.25) is 0 Å². The number of hydrogen-bond donors (Lipinski definition) is 0. The maximum atomic E-state index is 7.32. The van der Waals surface area contributed by atoms with Crippen LogP contribution in [0.15, 0.2) is 73.2 Å². The van der Waals surface area contributed by atoms with Crippen molar-refractivity contribution in [1.29, 1.82) is 10.5 Å². The monoisotopic (exact) mass is 477 g/mol. The fraction of sp³-hybridized carbons (Fsp3) is 0.105. The van der Waals surface area contributed by atoms with Crippen molar-refractivity contribution in [3.05, 3.63) is 73.2 Å². The Kier molecular flexibility index (Phi) is 16.0. The Morgan fingerprint density at radius 3 is 1.14 bits per heavy atom. The van der Waals surface area contributed by atoms with Crippen LogP contribution in [-0.4, -0.2) is 15.0 Å². The molecule has 0 unspecified atom stereocenters. The van der Waals surface area contributed by atoms with Crippen molar-refractivity contribution < 1.29 is 29.5 Å². The summed E-state index contributed by atoms with van der Waals surface area (Å²) in [5, 5.41) is 14.6. The van der Waals surface area contributed by atoms with Gasteiger partial charge in [0, 0.05) is 32.4 Å². The van der Waals surface area contributed by atoms with Crippen molar-refractivity contribution in [2.24, 2.45) is 0 Å². The minimum Gasteiger partial charge on any atom is -1.00 e. The summed E-state index contributed by atoms with van der Waals surface area (Å²) in [7, 11) is 0. The van der Waals surface area contributed by atoms with Gasteiger partial charge in [-0.1, -0.05) is 30.0 Å². The third-order valence-electron chi connectivity index (χ3n) is 2.92. The van der Waals surface area contributed by atoms with Crippen molar-refractivity contribution >= 4 is 34.1 Å². The van der Waals surface area contributed by atoms with E-state index in [1.54, 1.807) is 30.7 Å². The van der Waals surface area contributed by atoms with Crippen LogP contribution >= 0.6 is 6.04 Å². The smallest absolute Gasteiger partial charge is 1.00 e. The zero-order valence-electron chi connectivity index (χ0n) is 15.2. The number of nitriles is 2. The molecule has 9 heteroatoms. The number of rotatable bonds is 3. The molecule has 0 radical (unpaired) electrons. The summed E-state index contributed by atoms with van der Waals surface area (Å²) in [5.41, 5.74) is 2.60. The molecule has 0 N–H and O–H groups in total. The second-order valence-electron chi connectivity index (χ2n) is 4.62. The van der Waals surface area contributed by atoms with E-state index in [-0.39, 0.29) is 29.5 Å². The quantitative estimate of drug-likeness (QED) is 0.379. The van der Waals surface area contributed by atoms with Crippen LogP contribution in [-0.2, 0) is 28.9 Å². The van der Waals surface area contributed by atoms with Gasteiger partial charge in [-0.25, -0.2) is 0 Å². The van der Waals surface area contributed by atoms with E-state index < -0.39 is 6.04 Å². The van der Waals surface area contributed by atoms with Crippen LogP contribution in [0.3, 0.4) is 0 Å². The van der Waals surface area contributed by atoms with Gasteiger partial charge < -0.3 is 12.4 Å². The summed E-state index contributed by atoms with van der Waals surface area (Å²) in [6.07, 6.45) is 5.30. The van der Waals surface area contributed by atoms with Gasteiger partial charge in [-0.2, -0.15) is 10.5 Å². The third kappa shape index (κ3) is 7.87. The third-order valence-corrected chi connectivity index (χ3v) is 7.33. The summed E-state index contributed by atoms with van der Waals surface area (Å²) in [6.45, 7) is 2.86. The van der Waals surface area contributed by atoms with E-state index in [0.717, 1.165) is 16.3 Å². The van der Waals surface area contributed by atoms with Gasteiger partial charge in [-0.3, -0.25) is 15.0 Å². The molecule has 0 bridgehead atoms.